The third-order valence-electron chi connectivity index (χ3n) is 3.90. The molecule has 0 heterocycles. The summed E-state index contributed by atoms with van der Waals surface area (Å²) in [4.78, 5) is 34.9. The van der Waals surface area contributed by atoms with E-state index in [1.54, 1.807) is 12.1 Å². The Hall–Kier alpha value is -3.15. The maximum absolute atomic E-state index is 12.6. The summed E-state index contributed by atoms with van der Waals surface area (Å²) in [6, 6.07) is 13.1. The Bertz CT molecular complexity index is 826. The molecule has 0 aliphatic rings. The lowest BCUT2D eigenvalue weighted by atomic mass is 9.97. The van der Waals surface area contributed by atoms with Crippen LogP contribution in [0.3, 0.4) is 0 Å². The van der Waals surface area contributed by atoms with Gasteiger partial charge in [-0.3, -0.25) is 9.59 Å². The number of methoxy groups -OCH3 is 1. The van der Waals surface area contributed by atoms with E-state index < -0.39 is 24.0 Å². The molecule has 0 aromatic heterocycles. The minimum Gasteiger partial charge on any atom is -0.493 e. The average Bonchev–Trinajstić information content (AvgIpc) is 2.66. The van der Waals surface area contributed by atoms with Gasteiger partial charge < -0.3 is 14.6 Å². The Balaban J connectivity index is 2.44. The van der Waals surface area contributed by atoms with Crippen LogP contribution in [0.15, 0.2) is 42.5 Å². The highest BCUT2D eigenvalue weighted by Crippen LogP contribution is 2.34. The van der Waals surface area contributed by atoms with E-state index in [0.29, 0.717) is 18.8 Å². The van der Waals surface area contributed by atoms with Gasteiger partial charge in [0.1, 0.15) is 0 Å². The fourth-order valence-corrected chi connectivity index (χ4v) is 2.62. The average molecular weight is 370 g/mol. The second-order valence-electron chi connectivity index (χ2n) is 6.01. The molecule has 1 N–H and O–H groups in total. The molecule has 0 saturated carbocycles. The van der Waals surface area contributed by atoms with Crippen molar-refractivity contribution < 1.29 is 29.0 Å². The molecule has 27 heavy (non-hydrogen) atoms. The third-order valence-corrected chi connectivity index (χ3v) is 3.90. The normalized spacial score (nSPS) is 10.3. The Morgan fingerprint density at radius 3 is 2.33 bits per heavy atom. The topological polar surface area (TPSA) is 89.9 Å². The van der Waals surface area contributed by atoms with Gasteiger partial charge >= 0.3 is 5.97 Å². The molecule has 6 heteroatoms. The van der Waals surface area contributed by atoms with Gasteiger partial charge in [0.25, 0.3) is 0 Å². The van der Waals surface area contributed by atoms with Crippen molar-refractivity contribution in [2.45, 2.75) is 26.2 Å². The number of carbonyl (C=O) groups is 3. The molecular weight excluding hydrogens is 348 g/mol. The van der Waals surface area contributed by atoms with E-state index in [4.69, 9.17) is 14.6 Å². The van der Waals surface area contributed by atoms with E-state index >= 15 is 0 Å². The van der Waals surface area contributed by atoms with Crippen LogP contribution in [0.4, 0.5) is 0 Å². The zero-order chi connectivity index (χ0) is 19.8. The number of carbonyl (C=O) groups excluding carboxylic acids is 2. The smallest absolute Gasteiger partial charge is 0.372 e. The molecule has 0 bridgehead atoms. The summed E-state index contributed by atoms with van der Waals surface area (Å²) in [6.45, 7) is 2.28. The van der Waals surface area contributed by atoms with Gasteiger partial charge in [-0.1, -0.05) is 37.3 Å². The van der Waals surface area contributed by atoms with Gasteiger partial charge in [0, 0.05) is 0 Å². The van der Waals surface area contributed by atoms with Crippen LogP contribution < -0.4 is 9.47 Å². The number of hydrogen-bond donors (Lipinski definition) is 1. The van der Waals surface area contributed by atoms with E-state index in [1.807, 2.05) is 37.3 Å². The first kappa shape index (κ1) is 20.2. The molecule has 2 rings (SSSR count). The van der Waals surface area contributed by atoms with Crippen molar-refractivity contribution in [2.24, 2.45) is 0 Å². The highest BCUT2D eigenvalue weighted by atomic mass is 16.5. The number of ether oxygens (including phenoxy) is 2. The summed E-state index contributed by atoms with van der Waals surface area (Å²) in [5.74, 6) is -2.79. The van der Waals surface area contributed by atoms with E-state index in [1.165, 1.54) is 7.11 Å². The molecule has 0 aliphatic heterocycles. The first-order valence-corrected chi connectivity index (χ1v) is 8.63. The fraction of sp³-hybridized carbons (Fsp3) is 0.286. The van der Waals surface area contributed by atoms with Gasteiger partial charge in [-0.05, 0) is 36.1 Å². The molecule has 0 spiro atoms. The Morgan fingerprint density at radius 1 is 1.04 bits per heavy atom. The molecular formula is C21H22O6. The van der Waals surface area contributed by atoms with Crippen LogP contribution in [-0.2, 0) is 16.0 Å². The molecule has 0 amide bonds. The highest BCUT2D eigenvalue weighted by Gasteiger charge is 2.24. The maximum atomic E-state index is 12.6. The van der Waals surface area contributed by atoms with Crippen LogP contribution in [0.2, 0.25) is 0 Å². The first-order valence-electron chi connectivity index (χ1n) is 8.63. The van der Waals surface area contributed by atoms with Gasteiger partial charge in [0.2, 0.25) is 5.78 Å². The third kappa shape index (κ3) is 5.41. The van der Waals surface area contributed by atoms with Crippen LogP contribution in [-0.4, -0.2) is 36.4 Å². The number of rotatable bonds is 10. The minimum absolute atomic E-state index is 0.156. The number of ketones is 2. The van der Waals surface area contributed by atoms with Crippen molar-refractivity contribution in [3.8, 4) is 11.5 Å². The van der Waals surface area contributed by atoms with Gasteiger partial charge in [-0.15, -0.1) is 0 Å². The number of carboxylic acids is 1. The molecule has 2 aromatic rings. The predicted octanol–water partition coefficient (Wildman–Crippen LogP) is 3.30. The lowest BCUT2D eigenvalue weighted by Gasteiger charge is -2.16. The summed E-state index contributed by atoms with van der Waals surface area (Å²) in [5.41, 5.74) is 2.00. The van der Waals surface area contributed by atoms with Crippen LogP contribution in [0.5, 0.6) is 11.5 Å². The van der Waals surface area contributed by atoms with Gasteiger partial charge in [0.05, 0.1) is 25.7 Å². The number of hydrogen-bond acceptors (Lipinski definition) is 5. The van der Waals surface area contributed by atoms with Crippen molar-refractivity contribution in [3.05, 3.63) is 59.2 Å². The van der Waals surface area contributed by atoms with Gasteiger partial charge in [0.15, 0.2) is 17.3 Å². The molecule has 2 aromatic carbocycles. The Morgan fingerprint density at radius 2 is 1.74 bits per heavy atom. The maximum Gasteiger partial charge on any atom is 0.372 e. The molecule has 142 valence electrons. The second-order valence-corrected chi connectivity index (χ2v) is 6.01. The molecule has 0 radical (unpaired) electrons. The zero-order valence-corrected chi connectivity index (χ0v) is 15.4. The van der Waals surface area contributed by atoms with Crippen LogP contribution in [0.1, 0.15) is 41.3 Å². The van der Waals surface area contributed by atoms with Crippen LogP contribution in [0, 0.1) is 0 Å². The van der Waals surface area contributed by atoms with Crippen molar-refractivity contribution in [3.63, 3.8) is 0 Å². The van der Waals surface area contributed by atoms with Crippen molar-refractivity contribution in [1.82, 2.24) is 0 Å². The van der Waals surface area contributed by atoms with E-state index in [-0.39, 0.29) is 11.3 Å². The molecule has 6 nitrogen and oxygen atoms in total. The number of benzene rings is 2. The molecule has 0 unspecified atom stereocenters. The highest BCUT2D eigenvalue weighted by molar-refractivity contribution is 6.37. The Labute approximate surface area is 157 Å². The minimum atomic E-state index is -1.63. The lowest BCUT2D eigenvalue weighted by Crippen LogP contribution is -2.18. The quantitative estimate of drug-likeness (QED) is 0.392. The summed E-state index contributed by atoms with van der Waals surface area (Å²) in [5, 5.41) is 8.78. The summed E-state index contributed by atoms with van der Waals surface area (Å²) in [6.07, 6.45) is 0.546. The van der Waals surface area contributed by atoms with E-state index in [0.717, 1.165) is 17.5 Å². The predicted molar refractivity (Wildman–Crippen MR) is 99.6 cm³/mol. The molecule has 0 saturated heterocycles. The number of carboxylic acid groups (broad SMARTS) is 1. The van der Waals surface area contributed by atoms with E-state index in [9.17, 15) is 14.4 Å². The SMILES string of the molecule is CCCOc1c(OC)cc(Cc2ccccc2)cc1C(=O)CC(=O)C(=O)O. The molecule has 0 aliphatic carbocycles. The largest absolute Gasteiger partial charge is 0.493 e. The summed E-state index contributed by atoms with van der Waals surface area (Å²) >= 11 is 0. The lowest BCUT2D eigenvalue weighted by molar-refractivity contribution is -0.148. The molecule has 0 fully saturated rings. The van der Waals surface area contributed by atoms with Gasteiger partial charge in [-0.2, -0.15) is 0 Å². The second kappa shape index (κ2) is 9.52. The number of Topliss-reactive ketones (excluding diaryl/α,β-unsaturated/α-hetero) is 2. The standard InChI is InChI=1S/C21H22O6/c1-3-9-27-20-16(17(22)13-18(23)21(24)25)11-15(12-19(20)26-2)10-14-7-5-4-6-8-14/h4-8,11-12H,3,9-10,13H2,1-2H3,(H,24,25). The van der Waals surface area contributed by atoms with E-state index in [2.05, 4.69) is 0 Å². The first-order chi connectivity index (χ1) is 13.0. The molecule has 0 atom stereocenters. The van der Waals surface area contributed by atoms with Gasteiger partial charge in [-0.25, -0.2) is 4.79 Å². The zero-order valence-electron chi connectivity index (χ0n) is 15.4. The summed E-state index contributed by atoms with van der Waals surface area (Å²) in [7, 11) is 1.47. The van der Waals surface area contributed by atoms with Crippen LogP contribution in [0.25, 0.3) is 0 Å². The van der Waals surface area contributed by atoms with Crippen molar-refractivity contribution in [1.29, 1.82) is 0 Å². The van der Waals surface area contributed by atoms with Crippen LogP contribution >= 0.6 is 0 Å². The van der Waals surface area contributed by atoms with Crippen molar-refractivity contribution in [2.75, 3.05) is 13.7 Å². The monoisotopic (exact) mass is 370 g/mol. The summed E-state index contributed by atoms with van der Waals surface area (Å²) < 4.78 is 11.1. The number of aliphatic carboxylic acids is 1. The van der Waals surface area contributed by atoms with Crippen molar-refractivity contribution >= 4 is 17.5 Å². The Kier molecular flexibility index (Phi) is 7.11. The fourth-order valence-electron chi connectivity index (χ4n) is 2.62.